The first kappa shape index (κ1) is 15.2. The molecule has 2 aromatic rings. The second-order valence-electron chi connectivity index (χ2n) is 4.96. The lowest BCUT2D eigenvalue weighted by Gasteiger charge is -2.11. The van der Waals surface area contributed by atoms with Crippen molar-refractivity contribution in [2.24, 2.45) is 0 Å². The highest BCUT2D eigenvalue weighted by atomic mass is 32.2. The van der Waals surface area contributed by atoms with E-state index < -0.39 is 16.0 Å². The Balaban J connectivity index is 1.96. The van der Waals surface area contributed by atoms with E-state index in [-0.39, 0.29) is 17.3 Å². The first-order valence-corrected chi connectivity index (χ1v) is 8.11. The van der Waals surface area contributed by atoms with E-state index in [9.17, 15) is 13.2 Å². The van der Waals surface area contributed by atoms with Crippen LogP contribution in [0.15, 0.2) is 41.3 Å². The molecule has 2 N–H and O–H groups in total. The average Bonchev–Trinajstić information content (AvgIpc) is 2.94. The van der Waals surface area contributed by atoms with E-state index in [4.69, 9.17) is 14.6 Å². The summed E-state index contributed by atoms with van der Waals surface area (Å²) in [5.41, 5.74) is 0.652. The quantitative estimate of drug-likeness (QED) is 0.888. The molecular weight excluding hydrogens is 322 g/mol. The zero-order valence-corrected chi connectivity index (χ0v) is 12.9. The van der Waals surface area contributed by atoms with Crippen molar-refractivity contribution in [2.75, 3.05) is 11.5 Å². The van der Waals surface area contributed by atoms with Crippen LogP contribution in [0.2, 0.25) is 0 Å². The third kappa shape index (κ3) is 2.93. The standard InChI is InChI=1S/C15H13NO6S/c1-9-2-3-10(15(17)18)6-14(9)23(19,20)16-11-4-5-12-13(7-11)22-8-21-12/h2-7,16H,8H2,1H3,(H,17,18). The van der Waals surface area contributed by atoms with Crippen molar-refractivity contribution in [3.8, 4) is 11.5 Å². The first-order valence-electron chi connectivity index (χ1n) is 6.63. The second-order valence-corrected chi connectivity index (χ2v) is 6.61. The molecule has 0 amide bonds. The molecule has 1 heterocycles. The van der Waals surface area contributed by atoms with Gasteiger partial charge in [0.1, 0.15) is 0 Å². The lowest BCUT2D eigenvalue weighted by molar-refractivity contribution is 0.0696. The van der Waals surface area contributed by atoms with Crippen LogP contribution in [-0.4, -0.2) is 26.3 Å². The Hall–Kier alpha value is -2.74. The average molecular weight is 335 g/mol. The van der Waals surface area contributed by atoms with Crippen LogP contribution >= 0.6 is 0 Å². The molecule has 0 atom stereocenters. The van der Waals surface area contributed by atoms with Gasteiger partial charge in [-0.15, -0.1) is 0 Å². The first-order chi connectivity index (χ1) is 10.9. The molecule has 7 nitrogen and oxygen atoms in total. The summed E-state index contributed by atoms with van der Waals surface area (Å²) in [7, 11) is -3.93. The van der Waals surface area contributed by atoms with Crippen LogP contribution in [0.4, 0.5) is 5.69 Å². The van der Waals surface area contributed by atoms with Gasteiger partial charge in [0, 0.05) is 6.07 Å². The summed E-state index contributed by atoms with van der Waals surface area (Å²) in [5.74, 6) is -0.206. The Bertz CT molecular complexity index is 891. The number of benzene rings is 2. The van der Waals surface area contributed by atoms with Gasteiger partial charge in [-0.2, -0.15) is 0 Å². The van der Waals surface area contributed by atoms with Crippen LogP contribution in [0.3, 0.4) is 0 Å². The van der Waals surface area contributed by atoms with Gasteiger partial charge in [0.05, 0.1) is 16.1 Å². The van der Waals surface area contributed by atoms with Crippen molar-refractivity contribution < 1.29 is 27.8 Å². The van der Waals surface area contributed by atoms with E-state index in [1.165, 1.54) is 18.2 Å². The molecule has 0 aliphatic carbocycles. The van der Waals surface area contributed by atoms with Crippen molar-refractivity contribution in [3.05, 3.63) is 47.5 Å². The monoisotopic (exact) mass is 335 g/mol. The fourth-order valence-corrected chi connectivity index (χ4v) is 3.51. The van der Waals surface area contributed by atoms with Crippen molar-refractivity contribution in [1.29, 1.82) is 0 Å². The fourth-order valence-electron chi connectivity index (χ4n) is 2.19. The third-order valence-corrected chi connectivity index (χ3v) is 4.87. The molecule has 120 valence electrons. The number of carbonyl (C=O) groups is 1. The molecule has 3 rings (SSSR count). The van der Waals surface area contributed by atoms with E-state index in [0.29, 0.717) is 22.7 Å². The molecule has 1 aliphatic rings. The largest absolute Gasteiger partial charge is 0.478 e. The number of carboxylic acids is 1. The Labute approximate surface area is 132 Å². The predicted octanol–water partition coefficient (Wildman–Crippen LogP) is 2.22. The SMILES string of the molecule is Cc1ccc(C(=O)O)cc1S(=O)(=O)Nc1ccc2c(c1)OCO2. The number of aryl methyl sites for hydroxylation is 1. The summed E-state index contributed by atoms with van der Waals surface area (Å²) in [6.07, 6.45) is 0. The van der Waals surface area contributed by atoms with Gasteiger partial charge in [0.2, 0.25) is 6.79 Å². The summed E-state index contributed by atoms with van der Waals surface area (Å²) in [4.78, 5) is 10.9. The Morgan fingerprint density at radius 1 is 1.13 bits per heavy atom. The number of aromatic carboxylic acids is 1. The molecular formula is C15H13NO6S. The van der Waals surface area contributed by atoms with Crippen molar-refractivity contribution >= 4 is 21.7 Å². The van der Waals surface area contributed by atoms with Gasteiger partial charge in [-0.05, 0) is 36.8 Å². The number of nitrogens with one attached hydrogen (secondary N) is 1. The summed E-state index contributed by atoms with van der Waals surface area (Å²) in [6, 6.07) is 8.60. The number of ether oxygens (including phenoxy) is 2. The van der Waals surface area contributed by atoms with E-state index in [1.54, 1.807) is 19.1 Å². The van der Waals surface area contributed by atoms with Gasteiger partial charge in [0.15, 0.2) is 11.5 Å². The number of rotatable bonds is 4. The lowest BCUT2D eigenvalue weighted by Crippen LogP contribution is -2.15. The van der Waals surface area contributed by atoms with Gasteiger partial charge in [-0.25, -0.2) is 13.2 Å². The van der Waals surface area contributed by atoms with Gasteiger partial charge in [-0.1, -0.05) is 6.07 Å². The molecule has 8 heteroatoms. The molecule has 0 fully saturated rings. The molecule has 2 aromatic carbocycles. The highest BCUT2D eigenvalue weighted by Crippen LogP contribution is 2.35. The van der Waals surface area contributed by atoms with Crippen LogP contribution in [0.25, 0.3) is 0 Å². The molecule has 0 radical (unpaired) electrons. The molecule has 1 aliphatic heterocycles. The normalized spacial score (nSPS) is 12.9. The Morgan fingerprint density at radius 2 is 1.87 bits per heavy atom. The molecule has 0 spiro atoms. The minimum Gasteiger partial charge on any atom is -0.478 e. The van der Waals surface area contributed by atoms with Gasteiger partial charge >= 0.3 is 5.97 Å². The van der Waals surface area contributed by atoms with E-state index in [2.05, 4.69) is 4.72 Å². The number of sulfonamides is 1. The van der Waals surface area contributed by atoms with Crippen molar-refractivity contribution in [3.63, 3.8) is 0 Å². The summed E-state index contributed by atoms with van der Waals surface area (Å²) >= 11 is 0. The summed E-state index contributed by atoms with van der Waals surface area (Å²) < 4.78 is 37.8. The Morgan fingerprint density at radius 3 is 2.61 bits per heavy atom. The molecule has 23 heavy (non-hydrogen) atoms. The number of carboxylic acid groups (broad SMARTS) is 1. The summed E-state index contributed by atoms with van der Waals surface area (Å²) in [6.45, 7) is 1.69. The Kier molecular flexibility index (Phi) is 3.61. The smallest absolute Gasteiger partial charge is 0.335 e. The van der Waals surface area contributed by atoms with Gasteiger partial charge in [-0.3, -0.25) is 4.72 Å². The molecule has 0 unspecified atom stereocenters. The fraction of sp³-hybridized carbons (Fsp3) is 0.133. The maximum Gasteiger partial charge on any atom is 0.335 e. The predicted molar refractivity (Wildman–Crippen MR) is 81.5 cm³/mol. The van der Waals surface area contributed by atoms with Crippen LogP contribution in [0.5, 0.6) is 11.5 Å². The highest BCUT2D eigenvalue weighted by Gasteiger charge is 2.21. The van der Waals surface area contributed by atoms with Crippen LogP contribution in [0.1, 0.15) is 15.9 Å². The van der Waals surface area contributed by atoms with Crippen molar-refractivity contribution in [1.82, 2.24) is 0 Å². The van der Waals surface area contributed by atoms with Gasteiger partial charge in [0.25, 0.3) is 10.0 Å². The molecule has 0 aromatic heterocycles. The van der Waals surface area contributed by atoms with E-state index in [1.807, 2.05) is 0 Å². The van der Waals surface area contributed by atoms with Crippen LogP contribution < -0.4 is 14.2 Å². The molecule has 0 saturated carbocycles. The zero-order chi connectivity index (χ0) is 16.6. The van der Waals surface area contributed by atoms with Crippen LogP contribution in [0, 0.1) is 6.92 Å². The minimum atomic E-state index is -3.93. The number of hydrogen-bond donors (Lipinski definition) is 2. The second kappa shape index (κ2) is 5.47. The number of anilines is 1. The zero-order valence-electron chi connectivity index (χ0n) is 12.1. The maximum atomic E-state index is 12.5. The number of fused-ring (bicyclic) bond motifs is 1. The van der Waals surface area contributed by atoms with Gasteiger partial charge < -0.3 is 14.6 Å². The molecule has 0 saturated heterocycles. The van der Waals surface area contributed by atoms with Crippen LogP contribution in [-0.2, 0) is 10.0 Å². The maximum absolute atomic E-state index is 12.5. The topological polar surface area (TPSA) is 102 Å². The third-order valence-electron chi connectivity index (χ3n) is 3.35. The van der Waals surface area contributed by atoms with E-state index >= 15 is 0 Å². The van der Waals surface area contributed by atoms with E-state index in [0.717, 1.165) is 6.07 Å². The summed E-state index contributed by atoms with van der Waals surface area (Å²) in [5, 5.41) is 9.02. The number of hydrogen-bond acceptors (Lipinski definition) is 5. The molecule has 0 bridgehead atoms. The highest BCUT2D eigenvalue weighted by molar-refractivity contribution is 7.92. The minimum absolute atomic E-state index is 0.0879. The lowest BCUT2D eigenvalue weighted by atomic mass is 10.1. The van der Waals surface area contributed by atoms with Crippen molar-refractivity contribution in [2.45, 2.75) is 11.8 Å².